The van der Waals surface area contributed by atoms with Crippen LogP contribution >= 0.6 is 47.1 Å². The highest BCUT2D eigenvalue weighted by molar-refractivity contribution is 7.99. The van der Waals surface area contributed by atoms with Crippen LogP contribution in [0.2, 0.25) is 5.02 Å². The van der Waals surface area contributed by atoms with E-state index in [0.717, 1.165) is 39.2 Å². The number of amides is 1. The van der Waals surface area contributed by atoms with Crippen molar-refractivity contribution in [3.8, 4) is 10.6 Å². The van der Waals surface area contributed by atoms with Gasteiger partial charge in [-0.05, 0) is 26.0 Å². The fourth-order valence-corrected chi connectivity index (χ4v) is 5.02. The number of nitrogens with zero attached hydrogens (tertiary/aromatic N) is 1. The van der Waals surface area contributed by atoms with Gasteiger partial charge in [-0.2, -0.15) is 11.8 Å². The summed E-state index contributed by atoms with van der Waals surface area (Å²) >= 11 is 9.48. The van der Waals surface area contributed by atoms with Crippen LogP contribution in [0, 0.1) is 6.92 Å². The molecule has 0 spiro atoms. The molecule has 0 saturated carbocycles. The molecule has 2 atom stereocenters. The zero-order chi connectivity index (χ0) is 17.8. The number of aryl methyl sites for hydroxylation is 1. The third-order valence-electron chi connectivity index (χ3n) is 4.12. The summed E-state index contributed by atoms with van der Waals surface area (Å²) < 4.78 is 0. The Kier molecular flexibility index (Phi) is 8.23. The molecule has 2 unspecified atom stereocenters. The Bertz CT molecular complexity index is 731. The van der Waals surface area contributed by atoms with Gasteiger partial charge in [-0.1, -0.05) is 23.7 Å². The standard InChI is InChI=1S/C18H22ClN3OS2.ClH/c1-11(21-16(23)9-15-10-24-8-7-20-15)17-12(2)22-18(25-17)13-3-5-14(19)6-4-13;/h3-6,11,15,20H,7-10H2,1-2H3,(H,21,23);1H. The van der Waals surface area contributed by atoms with Gasteiger partial charge in [0.15, 0.2) is 0 Å². The summed E-state index contributed by atoms with van der Waals surface area (Å²) in [6.07, 6.45) is 0.527. The number of hydrogen-bond acceptors (Lipinski definition) is 5. The number of thioether (sulfide) groups is 1. The SMILES string of the molecule is Cc1nc(-c2ccc(Cl)cc2)sc1C(C)NC(=O)CC1CSCCN1.Cl. The molecule has 1 aromatic carbocycles. The normalized spacial score (nSPS) is 18.0. The van der Waals surface area contributed by atoms with Gasteiger partial charge < -0.3 is 10.6 Å². The predicted octanol–water partition coefficient (Wildman–Crippen LogP) is 4.47. The highest BCUT2D eigenvalue weighted by Crippen LogP contribution is 2.32. The molecule has 1 saturated heterocycles. The lowest BCUT2D eigenvalue weighted by Crippen LogP contribution is -2.41. The zero-order valence-electron chi connectivity index (χ0n) is 14.8. The molecular formula is C18H23Cl2N3OS2. The zero-order valence-corrected chi connectivity index (χ0v) is 18.0. The Morgan fingerprint density at radius 3 is 2.81 bits per heavy atom. The van der Waals surface area contributed by atoms with Crippen molar-refractivity contribution in [3.63, 3.8) is 0 Å². The molecule has 3 rings (SSSR count). The number of carbonyl (C=O) groups excluding carboxylic acids is 1. The van der Waals surface area contributed by atoms with E-state index in [1.165, 1.54) is 0 Å². The van der Waals surface area contributed by atoms with E-state index in [0.29, 0.717) is 11.4 Å². The molecule has 1 aliphatic rings. The van der Waals surface area contributed by atoms with Gasteiger partial charge in [0, 0.05) is 41.1 Å². The van der Waals surface area contributed by atoms with Gasteiger partial charge in [0.1, 0.15) is 5.01 Å². The third-order valence-corrected chi connectivity index (χ3v) is 6.90. The third kappa shape index (κ3) is 5.60. The van der Waals surface area contributed by atoms with Crippen molar-refractivity contribution in [2.24, 2.45) is 0 Å². The molecule has 1 amide bonds. The Morgan fingerprint density at radius 1 is 1.42 bits per heavy atom. The highest BCUT2D eigenvalue weighted by atomic mass is 35.5. The predicted molar refractivity (Wildman–Crippen MR) is 115 cm³/mol. The van der Waals surface area contributed by atoms with Crippen LogP contribution in [-0.2, 0) is 4.79 Å². The second kappa shape index (κ2) is 9.95. The first-order valence-corrected chi connectivity index (χ1v) is 10.7. The Morgan fingerprint density at radius 2 is 2.15 bits per heavy atom. The lowest BCUT2D eigenvalue weighted by Gasteiger charge is -2.23. The molecule has 8 heteroatoms. The Balaban J connectivity index is 0.00000243. The van der Waals surface area contributed by atoms with Gasteiger partial charge in [0.05, 0.1) is 16.6 Å². The summed E-state index contributed by atoms with van der Waals surface area (Å²) in [5.74, 6) is 2.22. The van der Waals surface area contributed by atoms with Gasteiger partial charge >= 0.3 is 0 Å². The van der Waals surface area contributed by atoms with Gasteiger partial charge in [0.2, 0.25) is 5.91 Å². The molecule has 2 N–H and O–H groups in total. The quantitative estimate of drug-likeness (QED) is 0.732. The maximum absolute atomic E-state index is 12.3. The number of rotatable bonds is 5. The number of thiazole rings is 1. The van der Waals surface area contributed by atoms with Gasteiger partial charge in [-0.15, -0.1) is 23.7 Å². The summed E-state index contributed by atoms with van der Waals surface area (Å²) in [6, 6.07) is 7.92. The van der Waals surface area contributed by atoms with Crippen molar-refractivity contribution in [2.75, 3.05) is 18.1 Å². The van der Waals surface area contributed by atoms with E-state index in [1.54, 1.807) is 11.3 Å². The first kappa shape index (κ1) is 21.5. The summed E-state index contributed by atoms with van der Waals surface area (Å²) in [4.78, 5) is 18.1. The van der Waals surface area contributed by atoms with Crippen molar-refractivity contribution in [3.05, 3.63) is 39.9 Å². The second-order valence-corrected chi connectivity index (χ2v) is 8.81. The molecule has 4 nitrogen and oxygen atoms in total. The van der Waals surface area contributed by atoms with Crippen LogP contribution in [0.5, 0.6) is 0 Å². The van der Waals surface area contributed by atoms with Crippen LogP contribution in [0.25, 0.3) is 10.6 Å². The maximum Gasteiger partial charge on any atom is 0.222 e. The number of hydrogen-bond donors (Lipinski definition) is 2. The smallest absolute Gasteiger partial charge is 0.222 e. The molecule has 0 aliphatic carbocycles. The van der Waals surface area contributed by atoms with Crippen LogP contribution < -0.4 is 10.6 Å². The fourth-order valence-electron chi connectivity index (χ4n) is 2.87. The van der Waals surface area contributed by atoms with Crippen LogP contribution in [-0.4, -0.2) is 35.0 Å². The number of nitrogens with one attached hydrogen (secondary N) is 2. The first-order chi connectivity index (χ1) is 12.0. The molecule has 0 bridgehead atoms. The van der Waals surface area contributed by atoms with E-state index >= 15 is 0 Å². The lowest BCUT2D eigenvalue weighted by atomic mass is 10.2. The van der Waals surface area contributed by atoms with Crippen molar-refractivity contribution in [1.82, 2.24) is 15.6 Å². The minimum absolute atomic E-state index is 0. The summed E-state index contributed by atoms with van der Waals surface area (Å²) in [5, 5.41) is 8.19. The molecule has 1 fully saturated rings. The molecule has 142 valence electrons. The van der Waals surface area contributed by atoms with Crippen molar-refractivity contribution in [1.29, 1.82) is 0 Å². The van der Waals surface area contributed by atoms with E-state index in [2.05, 4.69) is 15.6 Å². The average Bonchev–Trinajstić information content (AvgIpc) is 2.98. The van der Waals surface area contributed by atoms with Crippen molar-refractivity contribution in [2.45, 2.75) is 32.4 Å². The highest BCUT2D eigenvalue weighted by Gasteiger charge is 2.20. The minimum Gasteiger partial charge on any atom is -0.349 e. The second-order valence-electron chi connectivity index (χ2n) is 6.19. The lowest BCUT2D eigenvalue weighted by molar-refractivity contribution is -0.122. The van der Waals surface area contributed by atoms with Gasteiger partial charge in [-0.25, -0.2) is 4.98 Å². The van der Waals surface area contributed by atoms with E-state index in [9.17, 15) is 4.79 Å². The van der Waals surface area contributed by atoms with E-state index < -0.39 is 0 Å². The summed E-state index contributed by atoms with van der Waals surface area (Å²) in [7, 11) is 0. The van der Waals surface area contributed by atoms with Gasteiger partial charge in [0.25, 0.3) is 0 Å². The van der Waals surface area contributed by atoms with Gasteiger partial charge in [-0.3, -0.25) is 4.79 Å². The number of aromatic nitrogens is 1. The number of carbonyl (C=O) groups is 1. The molecular weight excluding hydrogens is 409 g/mol. The molecule has 0 radical (unpaired) electrons. The topological polar surface area (TPSA) is 54.0 Å². The molecule has 2 aromatic rings. The molecule has 1 aliphatic heterocycles. The first-order valence-electron chi connectivity index (χ1n) is 8.36. The van der Waals surface area contributed by atoms with E-state index in [-0.39, 0.29) is 30.4 Å². The van der Waals surface area contributed by atoms with Crippen LogP contribution in [0.3, 0.4) is 0 Å². The molecule has 26 heavy (non-hydrogen) atoms. The molecule has 2 heterocycles. The molecule has 1 aromatic heterocycles. The number of benzene rings is 1. The van der Waals surface area contributed by atoms with Crippen molar-refractivity contribution < 1.29 is 4.79 Å². The van der Waals surface area contributed by atoms with E-state index in [1.807, 2.05) is 49.9 Å². The van der Waals surface area contributed by atoms with Crippen LogP contribution in [0.15, 0.2) is 24.3 Å². The summed E-state index contributed by atoms with van der Waals surface area (Å²) in [6.45, 7) is 5.00. The Hall–Kier alpha value is -0.790. The maximum atomic E-state index is 12.3. The number of halogens is 2. The monoisotopic (exact) mass is 431 g/mol. The average molecular weight is 432 g/mol. The van der Waals surface area contributed by atoms with Crippen LogP contribution in [0.4, 0.5) is 0 Å². The van der Waals surface area contributed by atoms with E-state index in [4.69, 9.17) is 11.6 Å². The summed E-state index contributed by atoms with van der Waals surface area (Å²) in [5.41, 5.74) is 2.01. The minimum atomic E-state index is -0.0395. The fraction of sp³-hybridized carbons (Fsp3) is 0.444. The van der Waals surface area contributed by atoms with Crippen molar-refractivity contribution >= 4 is 53.0 Å². The Labute approximate surface area is 173 Å². The van der Waals surface area contributed by atoms with Crippen LogP contribution in [0.1, 0.15) is 30.0 Å². The largest absolute Gasteiger partial charge is 0.349 e.